The van der Waals surface area contributed by atoms with Crippen LogP contribution in [-0.2, 0) is 6.54 Å². The number of nitrogens with one attached hydrogen (secondary N) is 1. The molecule has 1 N–H and O–H groups in total. The molecule has 1 heterocycles. The van der Waals surface area contributed by atoms with Crippen LogP contribution in [0, 0.1) is 0 Å². The molecule has 0 amide bonds. The number of ether oxygens (including phenoxy) is 2. The molecule has 1 aromatic heterocycles. The number of halogens is 3. The Balaban J connectivity index is 2.21. The lowest BCUT2D eigenvalue weighted by Crippen LogP contribution is -2.17. The monoisotopic (exact) mass is 298 g/mol. The number of hydrogen-bond acceptors (Lipinski definition) is 4. The number of para-hydroxylation sites is 2. The summed E-state index contributed by atoms with van der Waals surface area (Å²) in [4.78, 5) is 4.17. The summed E-state index contributed by atoms with van der Waals surface area (Å²) in [6.45, 7) is 0.526. The zero-order valence-corrected chi connectivity index (χ0v) is 11.1. The molecular weight excluding hydrogens is 285 g/mol. The smallest absolute Gasteiger partial charge is 0.435 e. The van der Waals surface area contributed by atoms with Gasteiger partial charge in [-0.3, -0.25) is 0 Å². The zero-order chi connectivity index (χ0) is 15.3. The van der Waals surface area contributed by atoms with Gasteiger partial charge >= 0.3 is 6.36 Å². The lowest BCUT2D eigenvalue weighted by atomic mass is 10.3. The molecule has 0 saturated carbocycles. The second kappa shape index (κ2) is 6.45. The third-order valence-corrected chi connectivity index (χ3v) is 2.43. The van der Waals surface area contributed by atoms with E-state index in [9.17, 15) is 13.2 Å². The van der Waals surface area contributed by atoms with Crippen molar-refractivity contribution in [2.24, 2.45) is 0 Å². The fourth-order valence-electron chi connectivity index (χ4n) is 1.65. The Morgan fingerprint density at radius 1 is 1.05 bits per heavy atom. The van der Waals surface area contributed by atoms with Crippen molar-refractivity contribution in [2.45, 2.75) is 12.9 Å². The first-order valence-electron chi connectivity index (χ1n) is 6.11. The van der Waals surface area contributed by atoms with Crippen LogP contribution in [-0.4, -0.2) is 18.4 Å². The summed E-state index contributed by atoms with van der Waals surface area (Å²) < 4.78 is 46.3. The van der Waals surface area contributed by atoms with Crippen molar-refractivity contribution in [3.8, 4) is 17.4 Å². The van der Waals surface area contributed by atoms with Crippen LogP contribution in [0.1, 0.15) is 5.69 Å². The van der Waals surface area contributed by atoms with E-state index < -0.39 is 12.1 Å². The SMILES string of the molecule is CNCc1cccc(Oc2ccccc2OC(F)(F)F)n1. The van der Waals surface area contributed by atoms with Crippen molar-refractivity contribution in [1.29, 1.82) is 0 Å². The summed E-state index contributed by atoms with van der Waals surface area (Å²) in [5.41, 5.74) is 0.712. The minimum absolute atomic E-state index is 0.0519. The molecule has 7 heteroatoms. The quantitative estimate of drug-likeness (QED) is 0.917. The van der Waals surface area contributed by atoms with Crippen LogP contribution < -0.4 is 14.8 Å². The Morgan fingerprint density at radius 3 is 2.43 bits per heavy atom. The van der Waals surface area contributed by atoms with Crippen molar-refractivity contribution in [1.82, 2.24) is 10.3 Å². The summed E-state index contributed by atoms with van der Waals surface area (Å²) in [5.74, 6) is -0.268. The van der Waals surface area contributed by atoms with Crippen LogP contribution in [0.4, 0.5) is 13.2 Å². The van der Waals surface area contributed by atoms with Crippen molar-refractivity contribution in [3.05, 3.63) is 48.2 Å². The number of benzene rings is 1. The van der Waals surface area contributed by atoms with Gasteiger partial charge in [0.15, 0.2) is 11.5 Å². The van der Waals surface area contributed by atoms with Gasteiger partial charge in [0.1, 0.15) is 0 Å². The molecule has 2 aromatic rings. The van der Waals surface area contributed by atoms with Gasteiger partial charge in [-0.2, -0.15) is 0 Å². The topological polar surface area (TPSA) is 43.4 Å². The summed E-state index contributed by atoms with van der Waals surface area (Å²) in [6.07, 6.45) is -4.78. The fraction of sp³-hybridized carbons (Fsp3) is 0.214. The Kier molecular flexibility index (Phi) is 4.64. The molecule has 0 radical (unpaired) electrons. The normalized spacial score (nSPS) is 11.2. The highest BCUT2D eigenvalue weighted by atomic mass is 19.4. The Hall–Kier alpha value is -2.28. The van der Waals surface area contributed by atoms with Gasteiger partial charge in [-0.05, 0) is 25.2 Å². The summed E-state index contributed by atoms with van der Waals surface area (Å²) in [5, 5.41) is 2.93. The molecule has 0 bridgehead atoms. The van der Waals surface area contributed by atoms with Crippen molar-refractivity contribution < 1.29 is 22.6 Å². The van der Waals surface area contributed by atoms with Gasteiger partial charge in [-0.1, -0.05) is 18.2 Å². The molecule has 2 rings (SSSR count). The maximum absolute atomic E-state index is 12.3. The number of rotatable bonds is 5. The Bertz CT molecular complexity index is 603. The van der Waals surface area contributed by atoms with Gasteiger partial charge in [0, 0.05) is 12.6 Å². The number of nitrogens with zero attached hydrogens (tertiary/aromatic N) is 1. The number of pyridine rings is 1. The molecule has 0 aliphatic carbocycles. The first kappa shape index (κ1) is 15.1. The maximum Gasteiger partial charge on any atom is 0.573 e. The average molecular weight is 298 g/mol. The van der Waals surface area contributed by atoms with Gasteiger partial charge in [0.25, 0.3) is 0 Å². The lowest BCUT2D eigenvalue weighted by Gasteiger charge is -2.13. The number of aromatic nitrogens is 1. The van der Waals surface area contributed by atoms with Crippen LogP contribution in [0.25, 0.3) is 0 Å². The third-order valence-electron chi connectivity index (χ3n) is 2.43. The summed E-state index contributed by atoms with van der Waals surface area (Å²) in [7, 11) is 1.77. The highest BCUT2D eigenvalue weighted by molar-refractivity contribution is 5.41. The van der Waals surface area contributed by atoms with E-state index in [1.807, 2.05) is 0 Å². The molecule has 112 valence electrons. The minimum atomic E-state index is -4.78. The summed E-state index contributed by atoms with van der Waals surface area (Å²) in [6, 6.07) is 10.6. The molecule has 0 aliphatic rings. The third kappa shape index (κ3) is 4.64. The van der Waals surface area contributed by atoms with E-state index >= 15 is 0 Å². The van der Waals surface area contributed by atoms with Gasteiger partial charge < -0.3 is 14.8 Å². The van der Waals surface area contributed by atoms with Crippen LogP contribution in [0.15, 0.2) is 42.5 Å². The molecule has 4 nitrogen and oxygen atoms in total. The average Bonchev–Trinajstić information content (AvgIpc) is 2.40. The van der Waals surface area contributed by atoms with E-state index in [2.05, 4.69) is 15.0 Å². The van der Waals surface area contributed by atoms with Crippen LogP contribution >= 0.6 is 0 Å². The summed E-state index contributed by atoms with van der Waals surface area (Å²) >= 11 is 0. The molecule has 0 saturated heterocycles. The molecule has 0 aliphatic heterocycles. The van der Waals surface area contributed by atoms with E-state index in [0.29, 0.717) is 12.2 Å². The van der Waals surface area contributed by atoms with E-state index in [1.54, 1.807) is 31.3 Å². The van der Waals surface area contributed by atoms with Gasteiger partial charge in [-0.15, -0.1) is 13.2 Å². The standard InChI is InChI=1S/C14H13F3N2O2/c1-18-9-10-5-4-8-13(19-10)20-11-6-2-3-7-12(11)21-14(15,16)17/h2-8,18H,9H2,1H3. The molecular formula is C14H13F3N2O2. The molecule has 0 spiro atoms. The van der Waals surface area contributed by atoms with Crippen molar-refractivity contribution in [3.63, 3.8) is 0 Å². The van der Waals surface area contributed by atoms with Crippen LogP contribution in [0.2, 0.25) is 0 Å². The number of alkyl halides is 3. The van der Waals surface area contributed by atoms with Gasteiger partial charge in [-0.25, -0.2) is 4.98 Å². The second-order valence-corrected chi connectivity index (χ2v) is 4.09. The predicted molar refractivity (Wildman–Crippen MR) is 70.2 cm³/mol. The predicted octanol–water partition coefficient (Wildman–Crippen LogP) is 3.49. The number of hydrogen-bond donors (Lipinski definition) is 1. The Morgan fingerprint density at radius 2 is 1.76 bits per heavy atom. The highest BCUT2D eigenvalue weighted by Gasteiger charge is 2.32. The first-order valence-corrected chi connectivity index (χ1v) is 6.11. The molecule has 0 atom stereocenters. The second-order valence-electron chi connectivity index (χ2n) is 4.09. The van der Waals surface area contributed by atoms with Crippen LogP contribution in [0.3, 0.4) is 0 Å². The molecule has 0 fully saturated rings. The van der Waals surface area contributed by atoms with Crippen molar-refractivity contribution in [2.75, 3.05) is 7.05 Å². The minimum Gasteiger partial charge on any atom is -0.435 e. The maximum atomic E-state index is 12.3. The highest BCUT2D eigenvalue weighted by Crippen LogP contribution is 2.34. The Labute approximate surface area is 119 Å². The van der Waals surface area contributed by atoms with E-state index in [-0.39, 0.29) is 11.6 Å². The molecule has 21 heavy (non-hydrogen) atoms. The van der Waals surface area contributed by atoms with E-state index in [0.717, 1.165) is 0 Å². The van der Waals surface area contributed by atoms with E-state index in [4.69, 9.17) is 4.74 Å². The largest absolute Gasteiger partial charge is 0.573 e. The van der Waals surface area contributed by atoms with Gasteiger partial charge in [0.05, 0.1) is 5.69 Å². The lowest BCUT2D eigenvalue weighted by molar-refractivity contribution is -0.275. The van der Waals surface area contributed by atoms with Crippen molar-refractivity contribution >= 4 is 0 Å². The molecule has 1 aromatic carbocycles. The first-order chi connectivity index (χ1) is 9.98. The fourth-order valence-corrected chi connectivity index (χ4v) is 1.65. The van der Waals surface area contributed by atoms with Gasteiger partial charge in [0.2, 0.25) is 5.88 Å². The van der Waals surface area contributed by atoms with E-state index in [1.165, 1.54) is 18.2 Å². The zero-order valence-electron chi connectivity index (χ0n) is 11.1. The molecule has 0 unspecified atom stereocenters. The van der Waals surface area contributed by atoms with Crippen LogP contribution in [0.5, 0.6) is 17.4 Å².